The molecule has 0 spiro atoms. The Morgan fingerprint density at radius 3 is 2.65 bits per heavy atom. The molecule has 5 nitrogen and oxygen atoms in total. The van der Waals surface area contributed by atoms with Gasteiger partial charge in [-0.3, -0.25) is 0 Å². The lowest BCUT2D eigenvalue weighted by Crippen LogP contribution is -2.26. The highest BCUT2D eigenvalue weighted by atomic mass is 32.1. The zero-order valence-electron chi connectivity index (χ0n) is 10.4. The maximum atomic E-state index is 11.0. The van der Waals surface area contributed by atoms with Crippen LogP contribution in [0.25, 0.3) is 0 Å². The first kappa shape index (κ1) is 13.9. The van der Waals surface area contributed by atoms with Gasteiger partial charge in [0.1, 0.15) is 4.88 Å². The van der Waals surface area contributed by atoms with Crippen LogP contribution in [0.15, 0.2) is 0 Å². The summed E-state index contributed by atoms with van der Waals surface area (Å²) in [4.78, 5) is 17.8. The van der Waals surface area contributed by atoms with Crippen molar-refractivity contribution in [1.82, 2.24) is 4.98 Å². The molecule has 0 fully saturated rings. The summed E-state index contributed by atoms with van der Waals surface area (Å²) in [5, 5.41) is 9.83. The molecule has 1 N–H and O–H groups in total. The summed E-state index contributed by atoms with van der Waals surface area (Å²) in [5.41, 5.74) is 0.661. The molecule has 1 aromatic rings. The minimum Gasteiger partial charge on any atom is -0.477 e. The molecule has 0 aromatic carbocycles. The van der Waals surface area contributed by atoms with E-state index in [0.29, 0.717) is 23.6 Å². The average Bonchev–Trinajstić information content (AvgIpc) is 2.74. The van der Waals surface area contributed by atoms with Crippen LogP contribution in [0.2, 0.25) is 0 Å². The molecule has 96 valence electrons. The highest BCUT2D eigenvalue weighted by Crippen LogP contribution is 2.26. The van der Waals surface area contributed by atoms with Crippen LogP contribution >= 0.6 is 11.3 Å². The smallest absolute Gasteiger partial charge is 0.347 e. The quantitative estimate of drug-likeness (QED) is 0.809. The van der Waals surface area contributed by atoms with Crippen molar-refractivity contribution >= 4 is 22.4 Å². The SMILES string of the molecule is CCc1nc(N(CC)CCOC)sc1C(=O)O. The highest BCUT2D eigenvalue weighted by molar-refractivity contribution is 7.17. The van der Waals surface area contributed by atoms with Crippen LogP contribution in [0.5, 0.6) is 0 Å². The fourth-order valence-electron chi connectivity index (χ4n) is 1.47. The lowest BCUT2D eigenvalue weighted by molar-refractivity contribution is 0.0701. The normalized spacial score (nSPS) is 10.5. The maximum absolute atomic E-state index is 11.0. The molecular weight excluding hydrogens is 240 g/mol. The molecule has 1 heterocycles. The molecule has 0 aliphatic rings. The topological polar surface area (TPSA) is 62.7 Å². The number of rotatable bonds is 7. The van der Waals surface area contributed by atoms with Crippen molar-refractivity contribution in [3.63, 3.8) is 0 Å². The Bertz CT molecular complexity index is 379. The van der Waals surface area contributed by atoms with Crippen LogP contribution < -0.4 is 4.90 Å². The number of carbonyl (C=O) groups is 1. The minimum absolute atomic E-state index is 0.346. The molecule has 17 heavy (non-hydrogen) atoms. The Labute approximate surface area is 105 Å². The first-order valence-electron chi connectivity index (χ1n) is 5.60. The van der Waals surface area contributed by atoms with E-state index < -0.39 is 5.97 Å². The predicted molar refractivity (Wildman–Crippen MR) is 68.2 cm³/mol. The van der Waals surface area contributed by atoms with Crippen LogP contribution in [0.3, 0.4) is 0 Å². The van der Waals surface area contributed by atoms with Gasteiger partial charge in [-0.05, 0) is 13.3 Å². The molecule has 0 bridgehead atoms. The van der Waals surface area contributed by atoms with Crippen molar-refractivity contribution < 1.29 is 14.6 Å². The van der Waals surface area contributed by atoms with Crippen molar-refractivity contribution in [1.29, 1.82) is 0 Å². The van der Waals surface area contributed by atoms with Gasteiger partial charge >= 0.3 is 5.97 Å². The first-order chi connectivity index (χ1) is 8.13. The Balaban J connectivity index is 2.92. The fraction of sp³-hybridized carbons (Fsp3) is 0.636. The lowest BCUT2D eigenvalue weighted by Gasteiger charge is -2.18. The van der Waals surface area contributed by atoms with Crippen molar-refractivity contribution in [3.05, 3.63) is 10.6 Å². The third kappa shape index (κ3) is 3.41. The van der Waals surface area contributed by atoms with E-state index >= 15 is 0 Å². The van der Waals surface area contributed by atoms with Crippen LogP contribution in [-0.4, -0.2) is 42.9 Å². The number of carboxylic acid groups (broad SMARTS) is 1. The largest absolute Gasteiger partial charge is 0.477 e. The molecular formula is C11H18N2O3S. The summed E-state index contributed by atoms with van der Waals surface area (Å²) in [7, 11) is 1.65. The number of hydrogen-bond donors (Lipinski definition) is 1. The summed E-state index contributed by atoms with van der Waals surface area (Å²) in [6, 6.07) is 0. The number of thiazole rings is 1. The number of anilines is 1. The standard InChI is InChI=1S/C11H18N2O3S/c1-4-8-9(10(14)15)17-11(12-8)13(5-2)6-7-16-3/h4-7H2,1-3H3,(H,14,15). The van der Waals surface area contributed by atoms with Gasteiger partial charge in [-0.1, -0.05) is 18.3 Å². The van der Waals surface area contributed by atoms with E-state index in [1.54, 1.807) is 7.11 Å². The van der Waals surface area contributed by atoms with E-state index in [1.165, 1.54) is 11.3 Å². The summed E-state index contributed by atoms with van der Waals surface area (Å²) >= 11 is 1.24. The second-order valence-corrected chi connectivity index (χ2v) is 4.48. The Hall–Kier alpha value is -1.14. The molecule has 0 saturated heterocycles. The summed E-state index contributed by atoms with van der Waals surface area (Å²) in [6.07, 6.45) is 0.639. The number of nitrogens with zero attached hydrogens (tertiary/aromatic N) is 2. The first-order valence-corrected chi connectivity index (χ1v) is 6.42. The Kier molecular flexibility index (Phi) is 5.37. The number of aryl methyl sites for hydroxylation is 1. The van der Waals surface area contributed by atoms with Crippen molar-refractivity contribution in [3.8, 4) is 0 Å². The minimum atomic E-state index is -0.895. The van der Waals surface area contributed by atoms with E-state index in [1.807, 2.05) is 18.7 Å². The monoisotopic (exact) mass is 258 g/mol. The van der Waals surface area contributed by atoms with Crippen molar-refractivity contribution in [2.75, 3.05) is 31.7 Å². The number of ether oxygens (including phenoxy) is 1. The number of likely N-dealkylation sites (N-methyl/N-ethyl adjacent to an activating group) is 1. The second kappa shape index (κ2) is 6.56. The molecule has 0 atom stereocenters. The van der Waals surface area contributed by atoms with Crippen LogP contribution in [-0.2, 0) is 11.2 Å². The molecule has 1 rings (SSSR count). The molecule has 1 aromatic heterocycles. The molecule has 0 unspecified atom stereocenters. The third-order valence-electron chi connectivity index (χ3n) is 2.43. The van der Waals surface area contributed by atoms with Crippen molar-refractivity contribution in [2.24, 2.45) is 0 Å². The van der Waals surface area contributed by atoms with Gasteiger partial charge in [-0.25, -0.2) is 9.78 Å². The molecule has 0 amide bonds. The Morgan fingerprint density at radius 1 is 1.53 bits per heavy atom. The van der Waals surface area contributed by atoms with E-state index in [-0.39, 0.29) is 0 Å². The third-order valence-corrected chi connectivity index (χ3v) is 3.58. The van der Waals surface area contributed by atoms with Crippen LogP contribution in [0.4, 0.5) is 5.13 Å². The van der Waals surface area contributed by atoms with Gasteiger partial charge in [0, 0.05) is 20.2 Å². The van der Waals surface area contributed by atoms with Crippen molar-refractivity contribution in [2.45, 2.75) is 20.3 Å². The zero-order valence-corrected chi connectivity index (χ0v) is 11.2. The molecule has 6 heteroatoms. The van der Waals surface area contributed by atoms with Crippen LogP contribution in [0.1, 0.15) is 29.2 Å². The summed E-state index contributed by atoms with van der Waals surface area (Å²) in [6.45, 7) is 6.05. The lowest BCUT2D eigenvalue weighted by atomic mass is 10.3. The average molecular weight is 258 g/mol. The summed E-state index contributed by atoms with van der Waals surface area (Å²) in [5.74, 6) is -0.895. The fourth-order valence-corrected chi connectivity index (χ4v) is 2.55. The van der Waals surface area contributed by atoms with Gasteiger partial charge in [0.25, 0.3) is 0 Å². The molecule has 0 aliphatic carbocycles. The van der Waals surface area contributed by atoms with Gasteiger partial charge in [0.2, 0.25) is 0 Å². The highest BCUT2D eigenvalue weighted by Gasteiger charge is 2.18. The molecule has 0 radical (unpaired) electrons. The van der Waals surface area contributed by atoms with Gasteiger partial charge in [-0.2, -0.15) is 0 Å². The predicted octanol–water partition coefficient (Wildman–Crippen LogP) is 1.88. The van der Waals surface area contributed by atoms with E-state index in [2.05, 4.69) is 4.98 Å². The molecule has 0 saturated carbocycles. The van der Waals surface area contributed by atoms with Crippen LogP contribution in [0, 0.1) is 0 Å². The molecule has 0 aliphatic heterocycles. The maximum Gasteiger partial charge on any atom is 0.347 e. The van der Waals surface area contributed by atoms with E-state index in [4.69, 9.17) is 9.84 Å². The summed E-state index contributed by atoms with van der Waals surface area (Å²) < 4.78 is 5.03. The number of methoxy groups -OCH3 is 1. The second-order valence-electron chi connectivity index (χ2n) is 3.50. The Morgan fingerprint density at radius 2 is 2.24 bits per heavy atom. The zero-order chi connectivity index (χ0) is 12.8. The van der Waals surface area contributed by atoms with E-state index in [0.717, 1.165) is 18.2 Å². The van der Waals surface area contributed by atoms with E-state index in [9.17, 15) is 4.79 Å². The number of carboxylic acids is 1. The van der Waals surface area contributed by atoms with Gasteiger partial charge in [0.05, 0.1) is 12.3 Å². The van der Waals surface area contributed by atoms with Gasteiger partial charge in [0.15, 0.2) is 5.13 Å². The van der Waals surface area contributed by atoms with Gasteiger partial charge < -0.3 is 14.7 Å². The number of aromatic carboxylic acids is 1. The number of hydrogen-bond acceptors (Lipinski definition) is 5. The van der Waals surface area contributed by atoms with Gasteiger partial charge in [-0.15, -0.1) is 0 Å². The number of aromatic nitrogens is 1.